The normalized spacial score (nSPS) is 14.0. The lowest BCUT2D eigenvalue weighted by Gasteiger charge is -2.18. The molecule has 8 heteroatoms. The Hall–Kier alpha value is -2.93. The van der Waals surface area contributed by atoms with Gasteiger partial charge in [-0.05, 0) is 24.3 Å². The summed E-state index contributed by atoms with van der Waals surface area (Å²) in [6.45, 7) is 0.335. The van der Waals surface area contributed by atoms with E-state index in [2.05, 4.69) is 15.4 Å². The molecule has 2 heterocycles. The number of halogens is 1. The zero-order valence-corrected chi connectivity index (χ0v) is 14.9. The third kappa shape index (κ3) is 4.58. The van der Waals surface area contributed by atoms with Crippen LogP contribution in [0.4, 0.5) is 5.82 Å². The molecule has 0 atom stereocenters. The van der Waals surface area contributed by atoms with Crippen LogP contribution < -0.4 is 10.1 Å². The fourth-order valence-electron chi connectivity index (χ4n) is 2.33. The maximum Gasteiger partial charge on any atom is 0.273 e. The third-order valence-corrected chi connectivity index (χ3v) is 3.97. The summed E-state index contributed by atoms with van der Waals surface area (Å²) in [4.78, 5) is 27.8. The second-order valence-corrected chi connectivity index (χ2v) is 6.15. The van der Waals surface area contributed by atoms with Gasteiger partial charge in [-0.1, -0.05) is 23.7 Å². The fourth-order valence-corrected chi connectivity index (χ4v) is 2.51. The average Bonchev–Trinajstić information content (AvgIpc) is 2.63. The Kier molecular flexibility index (Phi) is 5.48. The molecule has 26 heavy (non-hydrogen) atoms. The van der Waals surface area contributed by atoms with E-state index in [0.717, 1.165) is 5.56 Å². The highest BCUT2D eigenvalue weighted by Crippen LogP contribution is 2.18. The highest BCUT2D eigenvalue weighted by molar-refractivity contribution is 6.43. The number of anilines is 1. The Balaban J connectivity index is 1.57. The first kappa shape index (κ1) is 17.9. The maximum atomic E-state index is 12.2. The second kappa shape index (κ2) is 7.97. The molecule has 1 aromatic heterocycles. The first-order chi connectivity index (χ1) is 12.5. The van der Waals surface area contributed by atoms with Gasteiger partial charge in [0.25, 0.3) is 5.91 Å². The maximum absolute atomic E-state index is 12.2. The molecule has 0 unspecified atom stereocenters. The van der Waals surface area contributed by atoms with Crippen LogP contribution in [0.5, 0.6) is 5.75 Å². The van der Waals surface area contributed by atoms with Crippen molar-refractivity contribution >= 4 is 34.9 Å². The van der Waals surface area contributed by atoms with Gasteiger partial charge >= 0.3 is 0 Å². The van der Waals surface area contributed by atoms with Crippen molar-refractivity contribution in [1.82, 2.24) is 9.99 Å². The van der Waals surface area contributed by atoms with Crippen LogP contribution in [-0.2, 0) is 16.2 Å². The molecule has 0 spiro atoms. The van der Waals surface area contributed by atoms with Gasteiger partial charge in [0.1, 0.15) is 23.9 Å². The highest BCUT2D eigenvalue weighted by atomic mass is 35.5. The minimum Gasteiger partial charge on any atom is -0.489 e. The summed E-state index contributed by atoms with van der Waals surface area (Å²) in [5.74, 6) is 0.608. The van der Waals surface area contributed by atoms with Crippen molar-refractivity contribution < 1.29 is 14.3 Å². The van der Waals surface area contributed by atoms with E-state index < -0.39 is 0 Å². The van der Waals surface area contributed by atoms with E-state index in [1.165, 1.54) is 12.1 Å². The Morgan fingerprint density at radius 2 is 2.15 bits per heavy atom. The van der Waals surface area contributed by atoms with E-state index in [4.69, 9.17) is 16.3 Å². The number of ether oxygens (including phenoxy) is 1. The lowest BCUT2D eigenvalue weighted by atomic mass is 10.1. The summed E-state index contributed by atoms with van der Waals surface area (Å²) in [5, 5.41) is 8.45. The molecule has 1 aromatic carbocycles. The summed E-state index contributed by atoms with van der Waals surface area (Å²) < 4.78 is 5.64. The van der Waals surface area contributed by atoms with E-state index >= 15 is 0 Å². The Morgan fingerprint density at radius 3 is 2.85 bits per heavy atom. The molecule has 2 amide bonds. The molecule has 2 aromatic rings. The average molecular weight is 373 g/mol. The van der Waals surface area contributed by atoms with Gasteiger partial charge in [-0.2, -0.15) is 5.10 Å². The van der Waals surface area contributed by atoms with Gasteiger partial charge in [0, 0.05) is 36.7 Å². The number of carbonyl (C=O) groups is 2. The van der Waals surface area contributed by atoms with Crippen LogP contribution in [0.2, 0.25) is 5.02 Å². The quantitative estimate of drug-likeness (QED) is 0.874. The zero-order valence-electron chi connectivity index (χ0n) is 14.1. The van der Waals surface area contributed by atoms with E-state index in [9.17, 15) is 9.59 Å². The van der Waals surface area contributed by atoms with Gasteiger partial charge in [0.05, 0.1) is 0 Å². The Bertz CT molecular complexity index is 852. The fraction of sp³-hybridized carbons (Fsp3) is 0.222. The predicted octanol–water partition coefficient (Wildman–Crippen LogP) is 2.86. The monoisotopic (exact) mass is 372 g/mol. The van der Waals surface area contributed by atoms with Crippen LogP contribution in [0, 0.1) is 0 Å². The summed E-state index contributed by atoms with van der Waals surface area (Å²) >= 11 is 5.91. The van der Waals surface area contributed by atoms with Crippen LogP contribution >= 0.6 is 11.6 Å². The number of amides is 2. The second-order valence-electron chi connectivity index (χ2n) is 5.72. The Morgan fingerprint density at radius 1 is 1.31 bits per heavy atom. The summed E-state index contributed by atoms with van der Waals surface area (Å²) in [7, 11) is 1.53. The van der Waals surface area contributed by atoms with Crippen LogP contribution in [-0.4, -0.2) is 34.6 Å². The van der Waals surface area contributed by atoms with Crippen molar-refractivity contribution in [2.24, 2.45) is 5.10 Å². The molecule has 0 radical (unpaired) electrons. The molecule has 1 N–H and O–H groups in total. The lowest BCUT2D eigenvalue weighted by Crippen LogP contribution is -2.34. The van der Waals surface area contributed by atoms with Crippen molar-refractivity contribution in [2.45, 2.75) is 19.4 Å². The van der Waals surface area contributed by atoms with Gasteiger partial charge in [0.15, 0.2) is 0 Å². The van der Waals surface area contributed by atoms with Crippen molar-refractivity contribution in [1.29, 1.82) is 0 Å². The number of hydrazone groups is 1. The topological polar surface area (TPSA) is 83.9 Å². The molecule has 0 aliphatic carbocycles. The molecule has 0 saturated heterocycles. The smallest absolute Gasteiger partial charge is 0.273 e. The van der Waals surface area contributed by atoms with Gasteiger partial charge in [-0.15, -0.1) is 0 Å². The number of hydrogen-bond acceptors (Lipinski definition) is 5. The molecular weight excluding hydrogens is 356 g/mol. The third-order valence-electron chi connectivity index (χ3n) is 3.74. The van der Waals surface area contributed by atoms with Gasteiger partial charge in [-0.3, -0.25) is 9.59 Å². The minimum atomic E-state index is -0.361. The van der Waals surface area contributed by atoms with Crippen molar-refractivity contribution in [3.05, 3.63) is 53.2 Å². The minimum absolute atomic E-state index is 0.108. The lowest BCUT2D eigenvalue weighted by molar-refractivity contribution is -0.130. The number of nitrogens with zero attached hydrogens (tertiary/aromatic N) is 3. The van der Waals surface area contributed by atoms with Crippen molar-refractivity contribution in [3.63, 3.8) is 0 Å². The summed E-state index contributed by atoms with van der Waals surface area (Å²) in [6, 6.07) is 10.6. The molecule has 134 valence electrons. The molecule has 0 bridgehead atoms. The van der Waals surface area contributed by atoms with E-state index in [0.29, 0.717) is 35.3 Å². The number of pyridine rings is 1. The molecule has 7 nitrogen and oxygen atoms in total. The van der Waals surface area contributed by atoms with Crippen molar-refractivity contribution in [3.8, 4) is 5.75 Å². The van der Waals surface area contributed by atoms with Gasteiger partial charge in [-0.25, -0.2) is 9.99 Å². The molecule has 0 fully saturated rings. The molecular formula is C18H17ClN4O3. The first-order valence-corrected chi connectivity index (χ1v) is 8.38. The molecule has 0 saturated carbocycles. The van der Waals surface area contributed by atoms with E-state index in [1.54, 1.807) is 24.4 Å². The van der Waals surface area contributed by atoms with Crippen LogP contribution in [0.1, 0.15) is 18.4 Å². The largest absolute Gasteiger partial charge is 0.489 e. The number of rotatable bonds is 5. The van der Waals surface area contributed by atoms with E-state index in [-0.39, 0.29) is 18.2 Å². The van der Waals surface area contributed by atoms with Crippen molar-refractivity contribution in [2.75, 3.05) is 12.4 Å². The first-order valence-electron chi connectivity index (χ1n) is 8.00. The van der Waals surface area contributed by atoms with E-state index in [1.807, 2.05) is 18.2 Å². The zero-order chi connectivity index (χ0) is 18.5. The molecule has 1 aliphatic rings. The Labute approximate surface area is 155 Å². The van der Waals surface area contributed by atoms with Crippen LogP contribution in [0.25, 0.3) is 0 Å². The number of nitrogens with one attached hydrogen (secondary N) is 1. The SMILES string of the molecule is CN1N=C(C(=O)Nc2ccc(COc3cccc(Cl)c3)cn2)CCC1=O. The predicted molar refractivity (Wildman–Crippen MR) is 98.1 cm³/mol. The van der Waals surface area contributed by atoms with Crippen LogP contribution in [0.15, 0.2) is 47.7 Å². The summed E-state index contributed by atoms with van der Waals surface area (Å²) in [5.41, 5.74) is 1.16. The van der Waals surface area contributed by atoms with Crippen LogP contribution in [0.3, 0.4) is 0 Å². The summed E-state index contributed by atoms with van der Waals surface area (Å²) in [6.07, 6.45) is 2.22. The standard InChI is InChI=1S/C18H17ClN4O3/c1-23-17(24)8-6-15(22-23)18(25)21-16-7-5-12(10-20-16)11-26-14-4-2-3-13(19)9-14/h2-5,7,9-10H,6,8,11H2,1H3,(H,20,21,25). The number of aromatic nitrogens is 1. The highest BCUT2D eigenvalue weighted by Gasteiger charge is 2.22. The molecule has 3 rings (SSSR count). The number of hydrogen-bond donors (Lipinski definition) is 1. The van der Waals surface area contributed by atoms with Gasteiger partial charge in [0.2, 0.25) is 5.91 Å². The molecule has 1 aliphatic heterocycles. The van der Waals surface area contributed by atoms with Gasteiger partial charge < -0.3 is 10.1 Å². The number of benzene rings is 1. The number of carbonyl (C=O) groups excluding carboxylic acids is 2.